The second-order valence-corrected chi connectivity index (χ2v) is 30.6. The van der Waals surface area contributed by atoms with Gasteiger partial charge in [-0.1, -0.05) is 85.0 Å². The lowest BCUT2D eigenvalue weighted by Crippen LogP contribution is -2.27. The van der Waals surface area contributed by atoms with Crippen molar-refractivity contribution in [3.05, 3.63) is 217 Å². The highest BCUT2D eigenvalue weighted by Gasteiger charge is 2.42. The van der Waals surface area contributed by atoms with E-state index >= 15 is 0 Å². The fraction of sp³-hybridized carbons (Fsp3) is 0.446. The third-order valence-electron chi connectivity index (χ3n) is 20.8. The maximum Gasteiger partial charge on any atom is 0.331 e. The van der Waals surface area contributed by atoms with Crippen LogP contribution in [0.4, 0.5) is 22.7 Å². The number of aliphatic hydroxyl groups is 2. The van der Waals surface area contributed by atoms with Gasteiger partial charge < -0.3 is 63.0 Å². The minimum Gasteiger partial charge on any atom is -0.460 e. The second kappa shape index (κ2) is 44.7. The van der Waals surface area contributed by atoms with E-state index in [4.69, 9.17) is 33.2 Å². The Morgan fingerprint density at radius 3 is 0.982 bits per heavy atom. The molecule has 3 aliphatic heterocycles. The van der Waals surface area contributed by atoms with E-state index in [0.29, 0.717) is 38.5 Å². The first-order chi connectivity index (χ1) is 53.7. The van der Waals surface area contributed by atoms with Crippen LogP contribution >= 0.6 is 0 Å². The quantitative estimate of drug-likeness (QED) is 0.0459. The van der Waals surface area contributed by atoms with E-state index in [2.05, 4.69) is 36.5 Å². The monoisotopic (exact) mass is 1530 g/mol. The zero-order chi connectivity index (χ0) is 80.6. The smallest absolute Gasteiger partial charge is 0.331 e. The summed E-state index contributed by atoms with van der Waals surface area (Å²) >= 11 is 0. The topological polar surface area (TPSA) is 238 Å². The largest absolute Gasteiger partial charge is 0.460 e. The number of cyclic esters (lactones) is 3. The fourth-order valence-corrected chi connectivity index (χ4v) is 14.6. The number of rotatable bonds is 16. The molecular formula is C92H116N4O16. The summed E-state index contributed by atoms with van der Waals surface area (Å²) in [6.45, 7) is 5.64. The molecule has 20 nitrogen and oxygen atoms in total. The molecule has 0 saturated heterocycles. The van der Waals surface area contributed by atoms with Crippen molar-refractivity contribution in [1.82, 2.24) is 0 Å². The maximum absolute atomic E-state index is 13.1. The van der Waals surface area contributed by atoms with Crippen molar-refractivity contribution < 1.29 is 76.9 Å². The summed E-state index contributed by atoms with van der Waals surface area (Å²) in [6, 6.07) is 31.4. The van der Waals surface area contributed by atoms with Gasteiger partial charge in [0.1, 0.15) is 24.4 Å². The van der Waals surface area contributed by atoms with Crippen LogP contribution in [0.2, 0.25) is 0 Å². The molecule has 3 saturated carbocycles. The van der Waals surface area contributed by atoms with E-state index in [1.807, 2.05) is 194 Å². The van der Waals surface area contributed by atoms with Crippen LogP contribution in [0.15, 0.2) is 194 Å². The average Bonchev–Trinajstić information content (AvgIpc) is 1.68. The molecule has 0 aromatic heterocycles. The molecule has 600 valence electrons. The van der Waals surface area contributed by atoms with Gasteiger partial charge in [0, 0.05) is 133 Å². The highest BCUT2D eigenvalue weighted by atomic mass is 16.6. The number of carbonyl (C=O) groups excluding carboxylic acids is 7. The molecule has 4 aromatic carbocycles. The number of benzene rings is 4. The standard InChI is InChI=1S/C38H46N2O6.2C27H35NO5/c1-27-9-7-6-8-10-30-25-33(45-37(42)22-15-28-11-17-31(18-12-28)39(2)3)26-34(30)35(21-24-36(41)44-27)46-38(43)23-16-29-13-19-32(20-14-29)40(4)5;1-19-7-5-4-6-8-21-17-23(18-24(21)25(29)14-16-26(30)32-19)33-27(31)15-11-20-9-12-22(13-10-20)28(2)3;1-19-7-5-4-6-8-21-17-23(29)18-24(21)25(14-16-26(30)32-19)33-27(31)15-11-20-9-12-22(13-10-20)28(2)3/h8,10-24,27,30,33-35H,6-7,9,25-26H2,1-5H3;2*6,8-16,19,21,23-25,29H,4-5,7,17-18H2,1-3H3/b10-8+,22-15+,23-16+,24-21+;2*8-6+,15-11+,16-14+/t27-,30+,33-,34+,35+;2*19-,21+,23-,24+,25+/m000/s1. The molecule has 4 aromatic rings. The van der Waals surface area contributed by atoms with Crippen molar-refractivity contribution in [2.24, 2.45) is 35.5 Å². The first kappa shape index (κ1) is 87.3. The molecule has 2 N–H and O–H groups in total. The van der Waals surface area contributed by atoms with E-state index in [9.17, 15) is 43.8 Å². The third kappa shape index (κ3) is 29.7. The number of anilines is 4. The molecule has 0 spiro atoms. The Hall–Kier alpha value is -10.3. The van der Waals surface area contributed by atoms with Crippen LogP contribution in [0.5, 0.6) is 0 Å². The van der Waals surface area contributed by atoms with Crippen LogP contribution in [0.3, 0.4) is 0 Å². The average molecular weight is 1530 g/mol. The van der Waals surface area contributed by atoms with Gasteiger partial charge >= 0.3 is 41.8 Å². The number of ether oxygens (including phenoxy) is 7. The Morgan fingerprint density at radius 2 is 0.652 bits per heavy atom. The minimum atomic E-state index is -0.808. The molecule has 0 amide bonds. The Bertz CT molecular complexity index is 4000. The van der Waals surface area contributed by atoms with Crippen LogP contribution in [0.1, 0.15) is 139 Å². The molecule has 6 aliphatic rings. The predicted molar refractivity (Wildman–Crippen MR) is 442 cm³/mol. The normalized spacial score (nSPS) is 28.1. The Morgan fingerprint density at radius 1 is 0.366 bits per heavy atom. The number of aliphatic hydroxyl groups excluding tert-OH is 2. The second-order valence-electron chi connectivity index (χ2n) is 30.6. The molecular weight excluding hydrogens is 1420 g/mol. The van der Waals surface area contributed by atoms with Gasteiger partial charge in [-0.3, -0.25) is 0 Å². The van der Waals surface area contributed by atoms with E-state index in [-0.39, 0.29) is 66.0 Å². The molecule has 0 unspecified atom stereocenters. The summed E-state index contributed by atoms with van der Waals surface area (Å²) < 4.78 is 39.6. The van der Waals surface area contributed by atoms with E-state index < -0.39 is 66.2 Å². The van der Waals surface area contributed by atoms with Crippen molar-refractivity contribution in [2.75, 3.05) is 76.0 Å². The lowest BCUT2D eigenvalue weighted by atomic mass is 9.89. The number of nitrogens with zero attached hydrogens (tertiary/aromatic N) is 4. The molecule has 112 heavy (non-hydrogen) atoms. The van der Waals surface area contributed by atoms with Gasteiger partial charge in [0.05, 0.1) is 30.5 Å². The van der Waals surface area contributed by atoms with E-state index in [1.165, 1.54) is 48.6 Å². The summed E-state index contributed by atoms with van der Waals surface area (Å²) in [5, 5.41) is 21.0. The summed E-state index contributed by atoms with van der Waals surface area (Å²) in [4.78, 5) is 95.8. The molecule has 3 fully saturated rings. The summed E-state index contributed by atoms with van der Waals surface area (Å²) in [6.07, 6.45) is 41.4. The van der Waals surface area contributed by atoms with Crippen LogP contribution in [0, 0.1) is 35.5 Å². The molecule has 3 aliphatic carbocycles. The van der Waals surface area contributed by atoms with Crippen molar-refractivity contribution >= 4 is 88.8 Å². The number of allylic oxidation sites excluding steroid dienone is 6. The fourth-order valence-electron chi connectivity index (χ4n) is 14.6. The zero-order valence-electron chi connectivity index (χ0n) is 67.0. The van der Waals surface area contributed by atoms with Gasteiger partial charge in [-0.2, -0.15) is 0 Å². The number of fused-ring (bicyclic) bond motifs is 3. The molecule has 10 rings (SSSR count). The Kier molecular flexibility index (Phi) is 34.8. The Balaban J connectivity index is 0.000000215. The van der Waals surface area contributed by atoms with Gasteiger partial charge in [-0.25, -0.2) is 33.6 Å². The van der Waals surface area contributed by atoms with Crippen LogP contribution in [-0.2, 0) is 66.7 Å². The molecule has 0 radical (unpaired) electrons. The van der Waals surface area contributed by atoms with Gasteiger partial charge in [0.25, 0.3) is 0 Å². The number of hydrogen-bond acceptors (Lipinski definition) is 20. The highest BCUT2D eigenvalue weighted by Crippen LogP contribution is 2.42. The summed E-state index contributed by atoms with van der Waals surface area (Å²) in [5.74, 6) is -3.45. The van der Waals surface area contributed by atoms with Gasteiger partial charge in [-0.15, -0.1) is 0 Å². The lowest BCUT2D eigenvalue weighted by molar-refractivity contribution is -0.146. The van der Waals surface area contributed by atoms with Crippen molar-refractivity contribution in [2.45, 2.75) is 172 Å². The minimum absolute atomic E-state index is 0.0143. The first-order valence-electron chi connectivity index (χ1n) is 39.4. The van der Waals surface area contributed by atoms with Gasteiger partial charge in [0.2, 0.25) is 0 Å². The maximum atomic E-state index is 13.1. The predicted octanol–water partition coefficient (Wildman–Crippen LogP) is 15.2. The molecule has 20 heteroatoms. The third-order valence-corrected chi connectivity index (χ3v) is 20.8. The van der Waals surface area contributed by atoms with E-state index in [1.54, 1.807) is 36.5 Å². The first-order valence-corrected chi connectivity index (χ1v) is 39.4. The van der Waals surface area contributed by atoms with Gasteiger partial charge in [0.15, 0.2) is 0 Å². The zero-order valence-corrected chi connectivity index (χ0v) is 67.0. The van der Waals surface area contributed by atoms with Crippen LogP contribution < -0.4 is 19.6 Å². The summed E-state index contributed by atoms with van der Waals surface area (Å²) in [5.41, 5.74) is 7.86. The van der Waals surface area contributed by atoms with Crippen LogP contribution in [-0.4, -0.2) is 163 Å². The molecule has 3 heterocycles. The van der Waals surface area contributed by atoms with Crippen molar-refractivity contribution in [1.29, 1.82) is 0 Å². The number of esters is 7. The highest BCUT2D eigenvalue weighted by molar-refractivity contribution is 5.90. The lowest BCUT2D eigenvalue weighted by Gasteiger charge is -2.24. The van der Waals surface area contributed by atoms with Gasteiger partial charge in [-0.05, 0) is 254 Å². The number of carbonyl (C=O) groups is 7. The van der Waals surface area contributed by atoms with Crippen molar-refractivity contribution in [3.8, 4) is 0 Å². The molecule has 15 atom stereocenters. The SMILES string of the molecule is C[C@H]1CCC/C=C/[C@@H]2C[C@H](O)C[C@H]2[C@H](OC(=O)/C=C/c2ccc(N(C)C)cc2)/C=C/C(=O)O1.C[C@H]1CCC/C=C/[C@@H]2C[C@H](OC(=O)/C=C/c3ccc(N(C)C)cc3)C[C@H]2[C@H](O)/C=C/C(=O)O1.C[C@H]1CCC/C=C/[C@@H]2C[C@H](OC(=O)/C=C/c3ccc(N(C)C)cc3)C[C@H]2[C@H](OC(=O)/C=C/c2ccc(N(C)C)cc2)/C=C/C(=O)O1. The summed E-state index contributed by atoms with van der Waals surface area (Å²) in [7, 11) is 15.8. The van der Waals surface area contributed by atoms with E-state index in [0.717, 1.165) is 103 Å². The number of hydrogen-bond donors (Lipinski definition) is 2. The molecule has 0 bridgehead atoms. The van der Waals surface area contributed by atoms with Crippen molar-refractivity contribution in [3.63, 3.8) is 0 Å². The Labute approximate surface area is 662 Å². The van der Waals surface area contributed by atoms with Crippen LogP contribution in [0.25, 0.3) is 24.3 Å².